The minimum atomic E-state index is -1.01. The molecule has 0 bridgehead atoms. The van der Waals surface area contributed by atoms with E-state index in [2.05, 4.69) is 5.32 Å². The van der Waals surface area contributed by atoms with Crippen molar-refractivity contribution in [1.82, 2.24) is 5.32 Å². The van der Waals surface area contributed by atoms with Gasteiger partial charge in [-0.1, -0.05) is 44.4 Å². The molecule has 2 amide bonds. The standard InChI is InChI=1S/C17H24N2O3/c1-2-13-8-6-7-11-15(13)19(12-16(20)21)17(22)18-14-9-4-3-5-10-14/h6-8,11,14H,2-5,9-10,12H2,1H3,(H,18,22)(H,20,21). The normalized spacial score (nSPS) is 15.3. The van der Waals surface area contributed by atoms with E-state index in [1.54, 1.807) is 0 Å². The Morgan fingerprint density at radius 2 is 1.91 bits per heavy atom. The smallest absolute Gasteiger partial charge is 0.323 e. The van der Waals surface area contributed by atoms with Gasteiger partial charge in [-0.25, -0.2) is 4.79 Å². The number of carbonyl (C=O) groups is 2. The Morgan fingerprint density at radius 3 is 2.55 bits per heavy atom. The zero-order valence-electron chi connectivity index (χ0n) is 13.0. The van der Waals surface area contributed by atoms with Crippen molar-refractivity contribution in [2.45, 2.75) is 51.5 Å². The first kappa shape index (κ1) is 16.3. The van der Waals surface area contributed by atoms with Crippen LogP contribution in [0.5, 0.6) is 0 Å². The summed E-state index contributed by atoms with van der Waals surface area (Å²) < 4.78 is 0. The summed E-state index contributed by atoms with van der Waals surface area (Å²) in [5.41, 5.74) is 1.66. The molecular weight excluding hydrogens is 280 g/mol. The largest absolute Gasteiger partial charge is 0.480 e. The first-order valence-electron chi connectivity index (χ1n) is 7.99. The molecule has 1 aromatic carbocycles. The van der Waals surface area contributed by atoms with Gasteiger partial charge in [0.1, 0.15) is 6.54 Å². The molecule has 0 spiro atoms. The number of aliphatic carboxylic acids is 1. The highest BCUT2D eigenvalue weighted by Gasteiger charge is 2.24. The van der Waals surface area contributed by atoms with Gasteiger partial charge in [-0.2, -0.15) is 0 Å². The average Bonchev–Trinajstić information content (AvgIpc) is 2.53. The molecule has 1 aliphatic carbocycles. The fourth-order valence-corrected chi connectivity index (χ4v) is 2.97. The van der Waals surface area contributed by atoms with Crippen LogP contribution in [0.1, 0.15) is 44.6 Å². The lowest BCUT2D eigenvalue weighted by atomic mass is 9.96. The maximum absolute atomic E-state index is 12.6. The molecule has 1 aliphatic rings. The number of carboxylic acid groups (broad SMARTS) is 1. The summed E-state index contributed by atoms with van der Waals surface area (Å²) in [6, 6.07) is 7.32. The third-order valence-electron chi connectivity index (χ3n) is 4.13. The van der Waals surface area contributed by atoms with Gasteiger partial charge >= 0.3 is 12.0 Å². The van der Waals surface area contributed by atoms with E-state index in [4.69, 9.17) is 5.11 Å². The number of urea groups is 1. The second-order valence-electron chi connectivity index (χ2n) is 5.75. The van der Waals surface area contributed by atoms with E-state index in [9.17, 15) is 9.59 Å². The van der Waals surface area contributed by atoms with Crippen molar-refractivity contribution in [2.24, 2.45) is 0 Å². The first-order valence-corrected chi connectivity index (χ1v) is 7.99. The van der Waals surface area contributed by atoms with Gasteiger partial charge in [-0.15, -0.1) is 0 Å². The van der Waals surface area contributed by atoms with Gasteiger partial charge in [-0.3, -0.25) is 9.69 Å². The number of rotatable bonds is 5. The summed E-state index contributed by atoms with van der Waals surface area (Å²) in [7, 11) is 0. The molecule has 0 unspecified atom stereocenters. The molecule has 1 aromatic rings. The van der Waals surface area contributed by atoms with Gasteiger partial charge in [0.25, 0.3) is 0 Å². The van der Waals surface area contributed by atoms with Crippen LogP contribution in [-0.2, 0) is 11.2 Å². The Labute approximate surface area is 131 Å². The third-order valence-corrected chi connectivity index (χ3v) is 4.13. The zero-order chi connectivity index (χ0) is 15.9. The SMILES string of the molecule is CCc1ccccc1N(CC(=O)O)C(=O)NC1CCCCC1. The van der Waals surface area contributed by atoms with Crippen LogP contribution in [0.3, 0.4) is 0 Å². The van der Waals surface area contributed by atoms with Gasteiger partial charge in [0.2, 0.25) is 0 Å². The quantitative estimate of drug-likeness (QED) is 0.877. The van der Waals surface area contributed by atoms with E-state index in [0.717, 1.165) is 37.7 Å². The second-order valence-corrected chi connectivity index (χ2v) is 5.75. The van der Waals surface area contributed by atoms with Crippen LogP contribution < -0.4 is 10.2 Å². The maximum Gasteiger partial charge on any atom is 0.323 e. The van der Waals surface area contributed by atoms with E-state index in [1.807, 2.05) is 31.2 Å². The Morgan fingerprint density at radius 1 is 1.23 bits per heavy atom. The number of nitrogens with zero attached hydrogens (tertiary/aromatic N) is 1. The van der Waals surface area contributed by atoms with E-state index in [0.29, 0.717) is 5.69 Å². The molecule has 0 aromatic heterocycles. The van der Waals surface area contributed by atoms with Gasteiger partial charge in [0, 0.05) is 11.7 Å². The summed E-state index contributed by atoms with van der Waals surface area (Å²) in [5.74, 6) is -1.01. The molecule has 2 N–H and O–H groups in total. The molecule has 1 saturated carbocycles. The van der Waals surface area contributed by atoms with Gasteiger partial charge in [0.15, 0.2) is 0 Å². The molecular formula is C17H24N2O3. The van der Waals surface area contributed by atoms with Crippen molar-refractivity contribution >= 4 is 17.7 Å². The number of para-hydroxylation sites is 1. The number of carbonyl (C=O) groups excluding carboxylic acids is 1. The lowest BCUT2D eigenvalue weighted by Crippen LogP contribution is -2.47. The summed E-state index contributed by atoms with van der Waals surface area (Å²) in [6.07, 6.45) is 6.15. The molecule has 2 rings (SSSR count). The van der Waals surface area contributed by atoms with Crippen LogP contribution in [0.4, 0.5) is 10.5 Å². The zero-order valence-corrected chi connectivity index (χ0v) is 13.0. The summed E-state index contributed by atoms with van der Waals surface area (Å²) in [6.45, 7) is 1.67. The molecule has 0 heterocycles. The van der Waals surface area contributed by atoms with Gasteiger partial charge < -0.3 is 10.4 Å². The fourth-order valence-electron chi connectivity index (χ4n) is 2.97. The highest BCUT2D eigenvalue weighted by atomic mass is 16.4. The molecule has 1 fully saturated rings. The minimum Gasteiger partial charge on any atom is -0.480 e. The second kappa shape index (κ2) is 7.82. The highest BCUT2D eigenvalue weighted by Crippen LogP contribution is 2.22. The lowest BCUT2D eigenvalue weighted by Gasteiger charge is -2.28. The number of hydrogen-bond donors (Lipinski definition) is 2. The van der Waals surface area contributed by atoms with E-state index in [1.165, 1.54) is 11.3 Å². The number of aryl methyl sites for hydroxylation is 1. The number of benzene rings is 1. The van der Waals surface area contributed by atoms with E-state index in [-0.39, 0.29) is 18.6 Å². The molecule has 120 valence electrons. The van der Waals surface area contributed by atoms with E-state index >= 15 is 0 Å². The number of nitrogens with one attached hydrogen (secondary N) is 1. The van der Waals surface area contributed by atoms with Crippen molar-refractivity contribution in [3.63, 3.8) is 0 Å². The minimum absolute atomic E-state index is 0.159. The Bertz CT molecular complexity index is 524. The van der Waals surface area contributed by atoms with Gasteiger partial charge in [0.05, 0.1) is 0 Å². The van der Waals surface area contributed by atoms with Gasteiger partial charge in [-0.05, 0) is 30.9 Å². The van der Waals surface area contributed by atoms with Crippen molar-refractivity contribution in [3.05, 3.63) is 29.8 Å². The van der Waals surface area contributed by atoms with Crippen molar-refractivity contribution in [1.29, 1.82) is 0 Å². The van der Waals surface area contributed by atoms with Crippen LogP contribution in [0, 0.1) is 0 Å². The predicted molar refractivity (Wildman–Crippen MR) is 86.2 cm³/mol. The fraction of sp³-hybridized carbons (Fsp3) is 0.529. The summed E-state index contributed by atoms with van der Waals surface area (Å²) in [4.78, 5) is 25.1. The number of hydrogen-bond acceptors (Lipinski definition) is 2. The molecule has 5 heteroatoms. The summed E-state index contributed by atoms with van der Waals surface area (Å²) >= 11 is 0. The van der Waals surface area contributed by atoms with Crippen LogP contribution in [0.2, 0.25) is 0 Å². The molecule has 0 atom stereocenters. The Balaban J connectivity index is 2.17. The molecule has 0 aliphatic heterocycles. The monoisotopic (exact) mass is 304 g/mol. The Kier molecular flexibility index (Phi) is 5.81. The summed E-state index contributed by atoms with van der Waals surface area (Å²) in [5, 5.41) is 12.1. The lowest BCUT2D eigenvalue weighted by molar-refractivity contribution is -0.135. The number of anilines is 1. The number of amides is 2. The Hall–Kier alpha value is -2.04. The number of carboxylic acids is 1. The average molecular weight is 304 g/mol. The van der Waals surface area contributed by atoms with Crippen molar-refractivity contribution in [3.8, 4) is 0 Å². The maximum atomic E-state index is 12.6. The molecule has 0 radical (unpaired) electrons. The van der Waals surface area contributed by atoms with Crippen LogP contribution in [0.15, 0.2) is 24.3 Å². The van der Waals surface area contributed by atoms with Crippen LogP contribution in [0.25, 0.3) is 0 Å². The highest BCUT2D eigenvalue weighted by molar-refractivity contribution is 5.97. The van der Waals surface area contributed by atoms with Crippen LogP contribution in [-0.4, -0.2) is 29.7 Å². The van der Waals surface area contributed by atoms with Crippen molar-refractivity contribution < 1.29 is 14.7 Å². The van der Waals surface area contributed by atoms with E-state index < -0.39 is 5.97 Å². The first-order chi connectivity index (χ1) is 10.6. The van der Waals surface area contributed by atoms with Crippen molar-refractivity contribution in [2.75, 3.05) is 11.4 Å². The topological polar surface area (TPSA) is 69.6 Å². The molecule has 22 heavy (non-hydrogen) atoms. The predicted octanol–water partition coefficient (Wildman–Crippen LogP) is 3.18. The molecule has 5 nitrogen and oxygen atoms in total. The third kappa shape index (κ3) is 4.23. The molecule has 0 saturated heterocycles. The van der Waals surface area contributed by atoms with Crippen LogP contribution >= 0.6 is 0 Å².